The van der Waals surface area contributed by atoms with Crippen molar-refractivity contribution in [3.05, 3.63) is 28.5 Å². The van der Waals surface area contributed by atoms with Gasteiger partial charge in [-0.1, -0.05) is 5.16 Å². The molecule has 0 unspecified atom stereocenters. The molecule has 0 aliphatic heterocycles. The van der Waals surface area contributed by atoms with Gasteiger partial charge >= 0.3 is 0 Å². The lowest BCUT2D eigenvalue weighted by Gasteiger charge is -2.24. The number of phenols is 1. The average Bonchev–Trinajstić information content (AvgIpc) is 2.83. The molecule has 1 aliphatic carbocycles. The first-order valence-corrected chi connectivity index (χ1v) is 6.65. The second-order valence-electron chi connectivity index (χ2n) is 5.24. The third-order valence-electron chi connectivity index (χ3n) is 4.21. The second-order valence-corrected chi connectivity index (χ2v) is 5.24. The van der Waals surface area contributed by atoms with Crippen LogP contribution < -0.4 is 5.73 Å². The molecule has 1 aliphatic rings. The predicted molar refractivity (Wildman–Crippen MR) is 74.1 cm³/mol. The van der Waals surface area contributed by atoms with Gasteiger partial charge in [0.05, 0.1) is 11.8 Å². The van der Waals surface area contributed by atoms with Crippen molar-refractivity contribution < 1.29 is 9.63 Å². The number of aromatic nitrogens is 1. The number of anilines is 1. The predicted octanol–water partition coefficient (Wildman–Crippen LogP) is 3.13. The summed E-state index contributed by atoms with van der Waals surface area (Å²) >= 11 is 0. The van der Waals surface area contributed by atoms with E-state index in [4.69, 9.17) is 10.3 Å². The van der Waals surface area contributed by atoms with Gasteiger partial charge < -0.3 is 15.4 Å². The van der Waals surface area contributed by atoms with Crippen LogP contribution in [0, 0.1) is 13.8 Å². The summed E-state index contributed by atoms with van der Waals surface area (Å²) in [5.74, 6) is 0.571. The first-order valence-electron chi connectivity index (χ1n) is 6.65. The Labute approximate surface area is 112 Å². The molecule has 0 atom stereocenters. The molecule has 0 amide bonds. The summed E-state index contributed by atoms with van der Waals surface area (Å²) in [4.78, 5) is 0. The summed E-state index contributed by atoms with van der Waals surface area (Å²) in [6.45, 7) is 4.03. The van der Waals surface area contributed by atoms with E-state index >= 15 is 0 Å². The fraction of sp³-hybridized carbons (Fsp3) is 0.400. The highest BCUT2D eigenvalue weighted by Gasteiger charge is 2.24. The lowest BCUT2D eigenvalue weighted by Crippen LogP contribution is -2.09. The Morgan fingerprint density at radius 3 is 2.37 bits per heavy atom. The van der Waals surface area contributed by atoms with Gasteiger partial charge in [0, 0.05) is 5.56 Å². The first-order chi connectivity index (χ1) is 9.11. The fourth-order valence-corrected chi connectivity index (χ4v) is 3.16. The van der Waals surface area contributed by atoms with Crippen molar-refractivity contribution in [1.82, 2.24) is 5.16 Å². The number of hydrogen-bond acceptors (Lipinski definition) is 4. The molecule has 0 saturated heterocycles. The Balaban J connectivity index is 2.32. The summed E-state index contributed by atoms with van der Waals surface area (Å²) in [6, 6.07) is 0. The number of benzene rings is 1. The molecule has 0 fully saturated rings. The minimum Gasteiger partial charge on any atom is -0.507 e. The molecule has 4 heteroatoms. The maximum atomic E-state index is 10.5. The summed E-state index contributed by atoms with van der Waals surface area (Å²) in [7, 11) is 0. The van der Waals surface area contributed by atoms with Gasteiger partial charge in [-0.05, 0) is 61.8 Å². The molecule has 0 spiro atoms. The van der Waals surface area contributed by atoms with Crippen molar-refractivity contribution in [2.75, 3.05) is 5.73 Å². The highest BCUT2D eigenvalue weighted by molar-refractivity contribution is 5.82. The lowest BCUT2D eigenvalue weighted by molar-refractivity contribution is 0.436. The van der Waals surface area contributed by atoms with Crippen molar-refractivity contribution in [1.29, 1.82) is 0 Å². The van der Waals surface area contributed by atoms with Crippen LogP contribution in [-0.2, 0) is 12.8 Å². The Morgan fingerprint density at radius 1 is 1.16 bits per heavy atom. The van der Waals surface area contributed by atoms with E-state index in [0.717, 1.165) is 29.5 Å². The maximum absolute atomic E-state index is 10.5. The van der Waals surface area contributed by atoms with E-state index in [-0.39, 0.29) is 5.88 Å². The summed E-state index contributed by atoms with van der Waals surface area (Å²) in [5, 5.41) is 14.2. The van der Waals surface area contributed by atoms with Crippen LogP contribution in [0.4, 0.5) is 5.88 Å². The lowest BCUT2D eigenvalue weighted by atomic mass is 9.82. The molecule has 0 saturated carbocycles. The molecular formula is C15H18N2O2. The van der Waals surface area contributed by atoms with Crippen LogP contribution in [0.15, 0.2) is 10.7 Å². The van der Waals surface area contributed by atoms with Crippen molar-refractivity contribution >= 4 is 5.88 Å². The third kappa shape index (κ3) is 1.70. The Kier molecular flexibility index (Phi) is 2.73. The van der Waals surface area contributed by atoms with Gasteiger partial charge in [-0.3, -0.25) is 0 Å². The van der Waals surface area contributed by atoms with Gasteiger partial charge in [-0.25, -0.2) is 0 Å². The van der Waals surface area contributed by atoms with Gasteiger partial charge in [0.15, 0.2) is 0 Å². The Hall–Kier alpha value is -1.97. The number of nitrogens with two attached hydrogens (primary N) is 1. The number of fused-ring (bicyclic) bond motifs is 1. The highest BCUT2D eigenvalue weighted by Crippen LogP contribution is 2.43. The van der Waals surface area contributed by atoms with Crippen molar-refractivity contribution in [3.63, 3.8) is 0 Å². The standard InChI is InChI=1S/C15H18N2O2/c1-8-10-5-3-4-6-11(10)9(2)14(18)13(8)12-7-17-19-15(12)16/h7,18H,3-6,16H2,1-2H3. The van der Waals surface area contributed by atoms with E-state index in [1.54, 1.807) is 6.20 Å². The van der Waals surface area contributed by atoms with E-state index in [1.165, 1.54) is 24.0 Å². The number of phenolic OH excluding ortho intramolecular Hbond substituents is 1. The topological polar surface area (TPSA) is 72.3 Å². The maximum Gasteiger partial charge on any atom is 0.230 e. The van der Waals surface area contributed by atoms with Crippen LogP contribution in [0.2, 0.25) is 0 Å². The summed E-state index contributed by atoms with van der Waals surface area (Å²) < 4.78 is 4.93. The van der Waals surface area contributed by atoms with Gasteiger partial charge in [0.2, 0.25) is 5.88 Å². The van der Waals surface area contributed by atoms with Crippen LogP contribution in [0.25, 0.3) is 11.1 Å². The molecule has 1 aromatic carbocycles. The van der Waals surface area contributed by atoms with E-state index in [9.17, 15) is 5.11 Å². The molecule has 3 N–H and O–H groups in total. The quantitative estimate of drug-likeness (QED) is 0.824. The van der Waals surface area contributed by atoms with E-state index in [1.807, 2.05) is 13.8 Å². The minimum atomic E-state index is 0.258. The Bertz CT molecular complexity index is 644. The van der Waals surface area contributed by atoms with Crippen LogP contribution in [0.3, 0.4) is 0 Å². The molecule has 100 valence electrons. The zero-order valence-electron chi connectivity index (χ0n) is 11.3. The van der Waals surface area contributed by atoms with Gasteiger partial charge in [0.25, 0.3) is 0 Å². The largest absolute Gasteiger partial charge is 0.507 e. The molecular weight excluding hydrogens is 240 g/mol. The zero-order chi connectivity index (χ0) is 13.6. The molecule has 0 bridgehead atoms. The molecule has 2 aromatic rings. The van der Waals surface area contributed by atoms with Gasteiger partial charge in [-0.15, -0.1) is 0 Å². The third-order valence-corrected chi connectivity index (χ3v) is 4.21. The smallest absolute Gasteiger partial charge is 0.230 e. The van der Waals surface area contributed by atoms with E-state index in [0.29, 0.717) is 11.3 Å². The Morgan fingerprint density at radius 2 is 1.79 bits per heavy atom. The van der Waals surface area contributed by atoms with E-state index < -0.39 is 0 Å². The van der Waals surface area contributed by atoms with Crippen molar-refractivity contribution in [2.24, 2.45) is 0 Å². The van der Waals surface area contributed by atoms with Crippen LogP contribution >= 0.6 is 0 Å². The SMILES string of the molecule is Cc1c(O)c(-c2cnoc2N)c(C)c2c1CCCC2. The summed E-state index contributed by atoms with van der Waals surface area (Å²) in [6.07, 6.45) is 6.10. The average molecular weight is 258 g/mol. The highest BCUT2D eigenvalue weighted by atomic mass is 16.5. The summed E-state index contributed by atoms with van der Waals surface area (Å²) in [5.41, 5.74) is 12.0. The number of aromatic hydroxyl groups is 1. The molecule has 1 aromatic heterocycles. The van der Waals surface area contributed by atoms with E-state index in [2.05, 4.69) is 5.16 Å². The number of nitrogens with zero attached hydrogens (tertiary/aromatic N) is 1. The zero-order valence-corrected chi connectivity index (χ0v) is 11.3. The molecule has 1 heterocycles. The molecule has 4 nitrogen and oxygen atoms in total. The normalized spacial score (nSPS) is 14.4. The molecule has 0 radical (unpaired) electrons. The van der Waals surface area contributed by atoms with Crippen LogP contribution in [-0.4, -0.2) is 10.3 Å². The fourth-order valence-electron chi connectivity index (χ4n) is 3.16. The molecule has 19 heavy (non-hydrogen) atoms. The number of nitrogen functional groups attached to an aromatic ring is 1. The first kappa shape index (κ1) is 12.1. The monoisotopic (exact) mass is 258 g/mol. The number of hydrogen-bond donors (Lipinski definition) is 2. The van der Waals surface area contributed by atoms with Gasteiger partial charge in [-0.2, -0.15) is 0 Å². The minimum absolute atomic E-state index is 0.258. The van der Waals surface area contributed by atoms with Crippen LogP contribution in [0.1, 0.15) is 35.1 Å². The molecule has 3 rings (SSSR count). The second kappa shape index (κ2) is 4.30. The number of rotatable bonds is 1. The van der Waals surface area contributed by atoms with Gasteiger partial charge in [0.1, 0.15) is 5.75 Å². The van der Waals surface area contributed by atoms with Crippen molar-refractivity contribution in [2.45, 2.75) is 39.5 Å². The van der Waals surface area contributed by atoms with Crippen LogP contribution in [0.5, 0.6) is 5.75 Å². The van der Waals surface area contributed by atoms with Crippen molar-refractivity contribution in [3.8, 4) is 16.9 Å².